The Morgan fingerprint density at radius 1 is 1.47 bits per heavy atom. The van der Waals surface area contributed by atoms with Gasteiger partial charge in [-0.3, -0.25) is 4.79 Å². The number of hydrogen-bond acceptors (Lipinski definition) is 5. The molecule has 1 N–H and O–H groups in total. The van der Waals surface area contributed by atoms with Gasteiger partial charge in [-0.25, -0.2) is 0 Å². The fraction of sp³-hybridized carbons (Fsp3) is 0.417. The highest BCUT2D eigenvalue weighted by Crippen LogP contribution is 2.34. The zero-order valence-corrected chi connectivity index (χ0v) is 9.51. The number of hydrogen-bond donors (Lipinski definition) is 1. The van der Waals surface area contributed by atoms with Crippen LogP contribution in [-0.2, 0) is 9.53 Å². The minimum absolute atomic E-state index is 0.0904. The van der Waals surface area contributed by atoms with Gasteiger partial charge in [-0.05, 0) is 17.7 Å². The summed E-state index contributed by atoms with van der Waals surface area (Å²) in [5.41, 5.74) is 0.859. The van der Waals surface area contributed by atoms with Gasteiger partial charge in [0.15, 0.2) is 11.5 Å². The van der Waals surface area contributed by atoms with Crippen molar-refractivity contribution in [3.8, 4) is 11.5 Å². The average molecular weight is 238 g/mol. The molecule has 1 aliphatic rings. The van der Waals surface area contributed by atoms with Crippen LogP contribution >= 0.6 is 0 Å². The van der Waals surface area contributed by atoms with E-state index in [0.717, 1.165) is 5.56 Å². The van der Waals surface area contributed by atoms with E-state index in [2.05, 4.69) is 0 Å². The molecule has 0 fully saturated rings. The molecule has 1 aromatic carbocycles. The Kier molecular flexibility index (Phi) is 3.49. The molecule has 17 heavy (non-hydrogen) atoms. The van der Waals surface area contributed by atoms with Gasteiger partial charge in [0.1, 0.15) is 6.61 Å². The maximum atomic E-state index is 10.7. The molecule has 0 radical (unpaired) electrons. The van der Waals surface area contributed by atoms with Crippen molar-refractivity contribution < 1.29 is 24.1 Å². The van der Waals surface area contributed by atoms with Crippen LogP contribution in [0.1, 0.15) is 18.4 Å². The molecule has 5 nitrogen and oxygen atoms in total. The number of carbonyl (C=O) groups is 1. The minimum Gasteiger partial charge on any atom is -0.465 e. The van der Waals surface area contributed by atoms with Crippen LogP contribution in [0.2, 0.25) is 0 Å². The van der Waals surface area contributed by atoms with Crippen molar-refractivity contribution in [2.75, 3.05) is 20.0 Å². The first kappa shape index (κ1) is 11.7. The minimum atomic E-state index is -0.357. The number of benzene rings is 1. The van der Waals surface area contributed by atoms with E-state index in [0.29, 0.717) is 11.5 Å². The smallest absolute Gasteiger partial charge is 0.302 e. The third-order valence-electron chi connectivity index (χ3n) is 2.58. The molecule has 0 spiro atoms. The Labute approximate surface area is 98.9 Å². The largest absolute Gasteiger partial charge is 0.465 e. The number of aliphatic hydroxyl groups excluding tert-OH is 1. The van der Waals surface area contributed by atoms with Gasteiger partial charge in [-0.2, -0.15) is 0 Å². The third kappa shape index (κ3) is 2.68. The van der Waals surface area contributed by atoms with Crippen LogP contribution in [0.15, 0.2) is 18.2 Å². The van der Waals surface area contributed by atoms with E-state index in [1.54, 1.807) is 12.1 Å². The monoisotopic (exact) mass is 238 g/mol. The van der Waals surface area contributed by atoms with Crippen LogP contribution in [0.25, 0.3) is 0 Å². The summed E-state index contributed by atoms with van der Waals surface area (Å²) in [5, 5.41) is 9.28. The Bertz CT molecular complexity index is 415. The lowest BCUT2D eigenvalue weighted by Crippen LogP contribution is -2.14. The van der Waals surface area contributed by atoms with Crippen LogP contribution in [0.4, 0.5) is 0 Å². The highest BCUT2D eigenvalue weighted by Gasteiger charge is 2.18. The summed E-state index contributed by atoms with van der Waals surface area (Å²) < 4.78 is 15.3. The predicted molar refractivity (Wildman–Crippen MR) is 59.0 cm³/mol. The van der Waals surface area contributed by atoms with Crippen LogP contribution in [0.5, 0.6) is 11.5 Å². The summed E-state index contributed by atoms with van der Waals surface area (Å²) in [6.07, 6.45) is 0. The SMILES string of the molecule is CC(=O)OCC(CO)c1ccc2c(c1)OCO2. The van der Waals surface area contributed by atoms with Crippen molar-refractivity contribution in [2.24, 2.45) is 0 Å². The lowest BCUT2D eigenvalue weighted by atomic mass is 10.0. The van der Waals surface area contributed by atoms with Crippen molar-refractivity contribution >= 4 is 5.97 Å². The zero-order valence-electron chi connectivity index (χ0n) is 9.51. The van der Waals surface area contributed by atoms with Gasteiger partial charge in [0.2, 0.25) is 6.79 Å². The average Bonchev–Trinajstić information content (AvgIpc) is 2.76. The Hall–Kier alpha value is -1.75. The first-order chi connectivity index (χ1) is 8.20. The molecule has 1 heterocycles. The molecular formula is C12H14O5. The quantitative estimate of drug-likeness (QED) is 0.794. The van der Waals surface area contributed by atoms with Gasteiger partial charge >= 0.3 is 5.97 Å². The van der Waals surface area contributed by atoms with E-state index >= 15 is 0 Å². The van der Waals surface area contributed by atoms with E-state index in [1.165, 1.54) is 6.92 Å². The maximum absolute atomic E-state index is 10.7. The third-order valence-corrected chi connectivity index (χ3v) is 2.58. The second kappa shape index (κ2) is 5.05. The van der Waals surface area contributed by atoms with Gasteiger partial charge in [0.25, 0.3) is 0 Å². The predicted octanol–water partition coefficient (Wildman–Crippen LogP) is 1.05. The lowest BCUT2D eigenvalue weighted by Gasteiger charge is -2.14. The van der Waals surface area contributed by atoms with Crippen molar-refractivity contribution in [3.63, 3.8) is 0 Å². The van der Waals surface area contributed by atoms with Gasteiger partial charge < -0.3 is 19.3 Å². The standard InChI is InChI=1S/C12H14O5/c1-8(14)15-6-10(5-13)9-2-3-11-12(4-9)17-7-16-11/h2-4,10,13H,5-7H2,1H3. The number of fused-ring (bicyclic) bond motifs is 1. The number of esters is 1. The lowest BCUT2D eigenvalue weighted by molar-refractivity contribution is -0.141. The van der Waals surface area contributed by atoms with Crippen molar-refractivity contribution in [2.45, 2.75) is 12.8 Å². The topological polar surface area (TPSA) is 65.0 Å². The molecular weight excluding hydrogens is 224 g/mol. The summed E-state index contributed by atoms with van der Waals surface area (Å²) in [7, 11) is 0. The molecule has 1 aliphatic heterocycles. The normalized spacial score (nSPS) is 14.5. The van der Waals surface area contributed by atoms with Gasteiger partial charge in [0.05, 0.1) is 6.61 Å². The molecule has 0 aliphatic carbocycles. The first-order valence-corrected chi connectivity index (χ1v) is 5.34. The van der Waals surface area contributed by atoms with E-state index in [4.69, 9.17) is 14.2 Å². The van der Waals surface area contributed by atoms with Gasteiger partial charge in [0, 0.05) is 12.8 Å². The van der Waals surface area contributed by atoms with Crippen LogP contribution in [0.3, 0.4) is 0 Å². The van der Waals surface area contributed by atoms with E-state index in [-0.39, 0.29) is 31.9 Å². The summed E-state index contributed by atoms with van der Waals surface area (Å²) in [5.74, 6) is 0.749. The van der Waals surface area contributed by atoms with Crippen molar-refractivity contribution in [3.05, 3.63) is 23.8 Å². The number of carbonyl (C=O) groups excluding carboxylic acids is 1. The molecule has 5 heteroatoms. The van der Waals surface area contributed by atoms with E-state index in [1.807, 2.05) is 6.07 Å². The maximum Gasteiger partial charge on any atom is 0.302 e. The highest BCUT2D eigenvalue weighted by molar-refractivity contribution is 5.66. The summed E-state index contributed by atoms with van der Waals surface area (Å²) in [4.78, 5) is 10.7. The summed E-state index contributed by atoms with van der Waals surface area (Å²) in [6.45, 7) is 1.62. The van der Waals surface area contributed by atoms with Crippen LogP contribution < -0.4 is 9.47 Å². The second-order valence-corrected chi connectivity index (χ2v) is 3.79. The fourth-order valence-electron chi connectivity index (χ4n) is 1.64. The number of ether oxygens (including phenoxy) is 3. The highest BCUT2D eigenvalue weighted by atomic mass is 16.7. The van der Waals surface area contributed by atoms with Crippen LogP contribution in [0, 0.1) is 0 Å². The van der Waals surface area contributed by atoms with Gasteiger partial charge in [-0.15, -0.1) is 0 Å². The molecule has 0 saturated heterocycles. The Balaban J connectivity index is 2.11. The van der Waals surface area contributed by atoms with Crippen molar-refractivity contribution in [1.29, 1.82) is 0 Å². The first-order valence-electron chi connectivity index (χ1n) is 5.34. The van der Waals surface area contributed by atoms with E-state index < -0.39 is 0 Å². The molecule has 2 rings (SSSR count). The molecule has 0 amide bonds. The molecule has 0 bridgehead atoms. The molecule has 1 atom stereocenters. The second-order valence-electron chi connectivity index (χ2n) is 3.79. The van der Waals surface area contributed by atoms with Crippen molar-refractivity contribution in [1.82, 2.24) is 0 Å². The summed E-state index contributed by atoms with van der Waals surface area (Å²) in [6, 6.07) is 5.42. The Morgan fingerprint density at radius 3 is 2.94 bits per heavy atom. The number of rotatable bonds is 4. The Morgan fingerprint density at radius 2 is 2.24 bits per heavy atom. The molecule has 0 saturated carbocycles. The van der Waals surface area contributed by atoms with Gasteiger partial charge in [-0.1, -0.05) is 6.07 Å². The summed E-state index contributed by atoms with van der Waals surface area (Å²) >= 11 is 0. The molecule has 1 aromatic rings. The number of aliphatic hydroxyl groups is 1. The zero-order chi connectivity index (χ0) is 12.3. The molecule has 0 aromatic heterocycles. The molecule has 1 unspecified atom stereocenters. The van der Waals surface area contributed by atoms with E-state index in [9.17, 15) is 9.90 Å². The molecule has 92 valence electrons. The fourth-order valence-corrected chi connectivity index (χ4v) is 1.64. The van der Waals surface area contributed by atoms with Crippen LogP contribution in [-0.4, -0.2) is 31.1 Å².